The molecule has 1 fully saturated rings. The Morgan fingerprint density at radius 1 is 1.00 bits per heavy atom. The Kier molecular flexibility index (Phi) is 8.25. The average molecular weight is 349 g/mol. The summed E-state index contributed by atoms with van der Waals surface area (Å²) in [5, 5.41) is 3.13. The van der Waals surface area contributed by atoms with E-state index in [1.807, 2.05) is 7.05 Å². The molecule has 0 radical (unpaired) electrons. The van der Waals surface area contributed by atoms with Crippen LogP contribution in [0.2, 0.25) is 0 Å². The zero-order valence-corrected chi connectivity index (χ0v) is 15.2. The predicted octanol–water partition coefficient (Wildman–Crippen LogP) is 5.06. The van der Waals surface area contributed by atoms with Gasteiger partial charge in [-0.1, -0.05) is 49.6 Å². The van der Waals surface area contributed by atoms with Gasteiger partial charge in [0.25, 0.3) is 0 Å². The van der Waals surface area contributed by atoms with Crippen LogP contribution in [0.1, 0.15) is 37.8 Å². The van der Waals surface area contributed by atoms with Crippen molar-refractivity contribution >= 4 is 5.69 Å². The van der Waals surface area contributed by atoms with Gasteiger partial charge < -0.3 is 10.2 Å². The summed E-state index contributed by atoms with van der Waals surface area (Å²) in [4.78, 5) is 2.57. The molecule has 138 valence electrons. The zero-order chi connectivity index (χ0) is 17.3. The Morgan fingerprint density at radius 3 is 2.35 bits per heavy atom. The van der Waals surface area contributed by atoms with Gasteiger partial charge in [-0.3, -0.25) is 0 Å². The van der Waals surface area contributed by atoms with Crippen molar-refractivity contribution in [3.8, 4) is 11.8 Å². The maximum absolute atomic E-state index is 3.33. The van der Waals surface area contributed by atoms with Crippen molar-refractivity contribution in [1.29, 1.82) is 0 Å². The van der Waals surface area contributed by atoms with Gasteiger partial charge in [0.15, 0.2) is 0 Å². The van der Waals surface area contributed by atoms with Gasteiger partial charge in [-0.15, -0.1) is 0 Å². The highest BCUT2D eigenvalue weighted by Crippen LogP contribution is 2.21. The maximum Gasteiger partial charge on any atom is 0.0338 e. The molecule has 2 nitrogen and oxygen atoms in total. The number of hydrogen-bond donors (Lipinski definition) is 1. The molecule has 0 bridgehead atoms. The summed E-state index contributed by atoms with van der Waals surface area (Å²) in [5.41, 5.74) is 3.71. The van der Waals surface area contributed by atoms with E-state index in [0.29, 0.717) is 0 Å². The van der Waals surface area contributed by atoms with E-state index in [0.717, 1.165) is 30.1 Å². The van der Waals surface area contributed by atoms with Crippen molar-refractivity contribution in [1.82, 2.24) is 4.90 Å². The molecule has 2 heteroatoms. The second kappa shape index (κ2) is 10.7. The zero-order valence-electron chi connectivity index (χ0n) is 15.2. The van der Waals surface area contributed by atoms with E-state index < -0.39 is 0 Å². The molecule has 0 atom stereocenters. The molecule has 1 N–H and O–H groups in total. The average Bonchev–Trinajstić information content (AvgIpc) is 2.68. The molecule has 1 aliphatic rings. The third-order valence-electron chi connectivity index (χ3n) is 5.03. The lowest BCUT2D eigenvalue weighted by atomic mass is 9.90. The van der Waals surface area contributed by atoms with Gasteiger partial charge in [-0.25, -0.2) is 0 Å². The van der Waals surface area contributed by atoms with Gasteiger partial charge in [0, 0.05) is 31.3 Å². The van der Waals surface area contributed by atoms with Crippen LogP contribution in [0, 0.1) is 17.8 Å². The van der Waals surface area contributed by atoms with E-state index in [-0.39, 0.29) is 7.43 Å². The lowest BCUT2D eigenvalue weighted by Gasteiger charge is -2.31. The van der Waals surface area contributed by atoms with E-state index in [1.54, 1.807) is 0 Å². The van der Waals surface area contributed by atoms with Crippen LogP contribution in [0.5, 0.6) is 0 Å². The lowest BCUT2D eigenvalue weighted by Crippen LogP contribution is -2.34. The summed E-state index contributed by atoms with van der Waals surface area (Å²) < 4.78 is 0. The third kappa shape index (κ3) is 6.24. The summed E-state index contributed by atoms with van der Waals surface area (Å²) in [6.07, 6.45) is 4.82. The van der Waals surface area contributed by atoms with Crippen LogP contribution in [0.4, 0.5) is 5.69 Å². The number of anilines is 1. The lowest BCUT2D eigenvalue weighted by molar-refractivity contribution is 0.187. The van der Waals surface area contributed by atoms with Crippen molar-refractivity contribution < 1.29 is 0 Å². The Morgan fingerprint density at radius 2 is 1.69 bits per heavy atom. The minimum absolute atomic E-state index is 0. The molecule has 1 saturated heterocycles. The quantitative estimate of drug-likeness (QED) is 0.760. The monoisotopic (exact) mass is 348 g/mol. The fourth-order valence-electron chi connectivity index (χ4n) is 3.46. The molecule has 0 spiro atoms. The predicted molar refractivity (Wildman–Crippen MR) is 114 cm³/mol. The highest BCUT2D eigenvalue weighted by molar-refractivity contribution is 5.47. The van der Waals surface area contributed by atoms with Gasteiger partial charge in [-0.2, -0.15) is 0 Å². The molecule has 2 aromatic carbocycles. The number of nitrogens with zero attached hydrogens (tertiary/aromatic N) is 1. The summed E-state index contributed by atoms with van der Waals surface area (Å²) in [6, 6.07) is 19.2. The van der Waals surface area contributed by atoms with E-state index >= 15 is 0 Å². The molecule has 0 amide bonds. The minimum atomic E-state index is 0. The van der Waals surface area contributed by atoms with Gasteiger partial charge in [-0.05, 0) is 68.1 Å². The molecule has 1 heterocycles. The van der Waals surface area contributed by atoms with Crippen molar-refractivity contribution in [3.63, 3.8) is 0 Å². The van der Waals surface area contributed by atoms with E-state index in [9.17, 15) is 0 Å². The molecule has 2 aromatic rings. The Hall–Kier alpha value is -2.24. The number of likely N-dealkylation sites (tertiary alicyclic amines) is 1. The normalized spacial score (nSPS) is 14.8. The molecule has 0 saturated carbocycles. The topological polar surface area (TPSA) is 15.3 Å². The fraction of sp³-hybridized carbons (Fsp3) is 0.417. The summed E-state index contributed by atoms with van der Waals surface area (Å²) >= 11 is 0. The highest BCUT2D eigenvalue weighted by atomic mass is 15.1. The van der Waals surface area contributed by atoms with Crippen molar-refractivity contribution in [3.05, 3.63) is 65.7 Å². The molecular formula is C24H32N2. The summed E-state index contributed by atoms with van der Waals surface area (Å²) in [5.74, 6) is 7.44. The molecule has 0 aromatic heterocycles. The molecule has 3 rings (SSSR count). The smallest absolute Gasteiger partial charge is 0.0338 e. The highest BCUT2D eigenvalue weighted by Gasteiger charge is 2.18. The number of benzene rings is 2. The standard InChI is InChI=1S/C23H28N2.CH4/c1-24-23-12-10-20(11-13-23)7-5-6-16-25-17-14-22(15-18-25)19-21-8-3-2-4-9-21;/h2-4,8-13,22,24H,6,14-19H2,1H3;1H4. The Bertz CT molecular complexity index is 686. The number of rotatable bonds is 5. The summed E-state index contributed by atoms with van der Waals surface area (Å²) in [6.45, 7) is 3.53. The van der Waals surface area contributed by atoms with Gasteiger partial charge in [0.2, 0.25) is 0 Å². The third-order valence-corrected chi connectivity index (χ3v) is 5.03. The van der Waals surface area contributed by atoms with Crippen LogP contribution in [-0.2, 0) is 6.42 Å². The first-order chi connectivity index (χ1) is 12.3. The second-order valence-electron chi connectivity index (χ2n) is 6.85. The van der Waals surface area contributed by atoms with E-state index in [2.05, 4.69) is 76.7 Å². The molecule has 0 unspecified atom stereocenters. The van der Waals surface area contributed by atoms with Crippen LogP contribution in [0.25, 0.3) is 0 Å². The van der Waals surface area contributed by atoms with Crippen LogP contribution in [0.3, 0.4) is 0 Å². The number of piperidine rings is 1. The van der Waals surface area contributed by atoms with Crippen LogP contribution < -0.4 is 5.32 Å². The molecule has 26 heavy (non-hydrogen) atoms. The molecular weight excluding hydrogens is 316 g/mol. The Labute approximate surface area is 159 Å². The van der Waals surface area contributed by atoms with Crippen molar-refractivity contribution in [2.24, 2.45) is 5.92 Å². The maximum atomic E-state index is 3.33. The van der Waals surface area contributed by atoms with Crippen LogP contribution >= 0.6 is 0 Å². The van der Waals surface area contributed by atoms with E-state index in [4.69, 9.17) is 0 Å². The Balaban J connectivity index is 0.00000243. The van der Waals surface area contributed by atoms with Gasteiger partial charge in [0.1, 0.15) is 0 Å². The largest absolute Gasteiger partial charge is 0.388 e. The van der Waals surface area contributed by atoms with E-state index in [1.165, 1.54) is 37.9 Å². The molecule has 1 aliphatic heterocycles. The SMILES string of the molecule is C.CNc1ccc(C#CCCN2CCC(Cc3ccccc3)CC2)cc1. The van der Waals surface area contributed by atoms with Crippen LogP contribution in [0.15, 0.2) is 54.6 Å². The van der Waals surface area contributed by atoms with Gasteiger partial charge >= 0.3 is 0 Å². The minimum Gasteiger partial charge on any atom is -0.388 e. The second-order valence-corrected chi connectivity index (χ2v) is 6.85. The fourth-order valence-corrected chi connectivity index (χ4v) is 3.46. The summed E-state index contributed by atoms with van der Waals surface area (Å²) in [7, 11) is 1.93. The number of hydrogen-bond acceptors (Lipinski definition) is 2. The first-order valence-electron chi connectivity index (χ1n) is 9.36. The van der Waals surface area contributed by atoms with Crippen molar-refractivity contribution in [2.75, 3.05) is 32.0 Å². The molecule has 0 aliphatic carbocycles. The van der Waals surface area contributed by atoms with Crippen LogP contribution in [-0.4, -0.2) is 31.6 Å². The van der Waals surface area contributed by atoms with Crippen molar-refractivity contribution in [2.45, 2.75) is 33.1 Å². The van der Waals surface area contributed by atoms with Gasteiger partial charge in [0.05, 0.1) is 0 Å². The number of nitrogens with one attached hydrogen (secondary N) is 1. The first kappa shape index (κ1) is 20.1. The first-order valence-corrected chi connectivity index (χ1v) is 9.36.